The molecule has 29 heavy (non-hydrogen) atoms. The van der Waals surface area contributed by atoms with Crippen LogP contribution in [0.25, 0.3) is 0 Å². The summed E-state index contributed by atoms with van der Waals surface area (Å²) >= 11 is 0. The molecule has 2 aromatic rings. The van der Waals surface area contributed by atoms with Crippen molar-refractivity contribution < 1.29 is 9.59 Å². The fourth-order valence-electron chi connectivity index (χ4n) is 4.11. The SMILES string of the molecule is C[C@@H]1CCCCN1CC(=O)Nc1ccc([C@@H]2NC(=O)c3cccnc3N2C)cc1. The number of anilines is 2. The molecule has 7 heteroatoms. The average Bonchev–Trinajstić information content (AvgIpc) is 2.73. The molecule has 4 rings (SSSR count). The van der Waals surface area contributed by atoms with E-state index in [0.717, 1.165) is 30.6 Å². The maximum Gasteiger partial charge on any atom is 0.256 e. The molecular weight excluding hydrogens is 366 g/mol. The van der Waals surface area contributed by atoms with E-state index in [1.54, 1.807) is 18.3 Å². The summed E-state index contributed by atoms with van der Waals surface area (Å²) in [5.41, 5.74) is 2.26. The molecule has 152 valence electrons. The van der Waals surface area contributed by atoms with Gasteiger partial charge in [-0.05, 0) is 56.1 Å². The summed E-state index contributed by atoms with van der Waals surface area (Å²) in [7, 11) is 1.91. The van der Waals surface area contributed by atoms with E-state index in [1.165, 1.54) is 6.42 Å². The van der Waals surface area contributed by atoms with Crippen LogP contribution in [-0.4, -0.2) is 47.9 Å². The summed E-state index contributed by atoms with van der Waals surface area (Å²) < 4.78 is 0. The Balaban J connectivity index is 1.42. The fraction of sp³-hybridized carbons (Fsp3) is 0.409. The van der Waals surface area contributed by atoms with Crippen molar-refractivity contribution >= 4 is 23.3 Å². The normalized spacial score (nSPS) is 22.0. The van der Waals surface area contributed by atoms with Crippen molar-refractivity contribution in [3.05, 3.63) is 53.7 Å². The Labute approximate surface area is 171 Å². The predicted molar refractivity (Wildman–Crippen MR) is 113 cm³/mol. The van der Waals surface area contributed by atoms with Gasteiger partial charge < -0.3 is 15.5 Å². The van der Waals surface area contributed by atoms with Gasteiger partial charge >= 0.3 is 0 Å². The number of hydrogen-bond donors (Lipinski definition) is 2. The number of amides is 2. The third kappa shape index (κ3) is 4.10. The van der Waals surface area contributed by atoms with Crippen molar-refractivity contribution in [3.8, 4) is 0 Å². The Morgan fingerprint density at radius 2 is 2.03 bits per heavy atom. The number of benzene rings is 1. The topological polar surface area (TPSA) is 77.6 Å². The highest BCUT2D eigenvalue weighted by molar-refractivity contribution is 6.01. The lowest BCUT2D eigenvalue weighted by atomic mass is 10.0. The first kappa shape index (κ1) is 19.4. The van der Waals surface area contributed by atoms with Gasteiger partial charge in [0.15, 0.2) is 0 Å². The number of hydrogen-bond acceptors (Lipinski definition) is 5. The molecule has 0 unspecified atom stereocenters. The Hall–Kier alpha value is -2.93. The van der Waals surface area contributed by atoms with Gasteiger partial charge in [0.25, 0.3) is 5.91 Å². The zero-order valence-corrected chi connectivity index (χ0v) is 16.9. The maximum absolute atomic E-state index is 12.4. The van der Waals surface area contributed by atoms with Gasteiger partial charge in [-0.1, -0.05) is 18.6 Å². The summed E-state index contributed by atoms with van der Waals surface area (Å²) in [6.07, 6.45) is 4.94. The molecule has 3 heterocycles. The third-order valence-corrected chi connectivity index (χ3v) is 5.82. The summed E-state index contributed by atoms with van der Waals surface area (Å²) in [5, 5.41) is 5.99. The number of aromatic nitrogens is 1. The second-order valence-electron chi connectivity index (χ2n) is 7.85. The molecule has 2 atom stereocenters. The lowest BCUT2D eigenvalue weighted by molar-refractivity contribution is -0.118. The molecule has 1 fully saturated rings. The van der Waals surface area contributed by atoms with Crippen LogP contribution in [-0.2, 0) is 4.79 Å². The van der Waals surface area contributed by atoms with Gasteiger partial charge in [-0.3, -0.25) is 14.5 Å². The van der Waals surface area contributed by atoms with Crippen molar-refractivity contribution in [2.75, 3.05) is 30.4 Å². The Kier molecular flexibility index (Phi) is 5.49. The van der Waals surface area contributed by atoms with E-state index in [4.69, 9.17) is 0 Å². The molecule has 7 nitrogen and oxygen atoms in total. The summed E-state index contributed by atoms with van der Waals surface area (Å²) in [6.45, 7) is 3.59. The number of nitrogens with one attached hydrogen (secondary N) is 2. The predicted octanol–water partition coefficient (Wildman–Crippen LogP) is 2.77. The number of rotatable bonds is 4. The van der Waals surface area contributed by atoms with E-state index in [2.05, 4.69) is 27.4 Å². The van der Waals surface area contributed by atoms with E-state index >= 15 is 0 Å². The molecule has 0 spiro atoms. The Bertz CT molecular complexity index is 898. The minimum Gasteiger partial charge on any atom is -0.335 e. The van der Waals surface area contributed by atoms with Crippen LogP contribution in [0.15, 0.2) is 42.6 Å². The van der Waals surface area contributed by atoms with Crippen molar-refractivity contribution in [2.45, 2.75) is 38.4 Å². The van der Waals surface area contributed by atoms with Crippen LogP contribution in [0.5, 0.6) is 0 Å². The smallest absolute Gasteiger partial charge is 0.256 e. The summed E-state index contributed by atoms with van der Waals surface area (Å²) in [6, 6.07) is 11.6. The van der Waals surface area contributed by atoms with Gasteiger partial charge in [0, 0.05) is 25.0 Å². The standard InChI is InChI=1S/C22H27N5O2/c1-15-6-3-4-13-27(15)14-19(28)24-17-10-8-16(9-11-17)20-25-22(29)18-7-5-12-23-21(18)26(20)2/h5,7-12,15,20H,3-4,6,13-14H2,1-2H3,(H,24,28)(H,25,29)/t15-,20-/m1/s1. The average molecular weight is 393 g/mol. The largest absolute Gasteiger partial charge is 0.335 e. The first-order chi connectivity index (χ1) is 14.0. The molecule has 1 saturated heterocycles. The second kappa shape index (κ2) is 8.21. The number of nitrogens with zero attached hydrogens (tertiary/aromatic N) is 3. The van der Waals surface area contributed by atoms with Crippen LogP contribution < -0.4 is 15.5 Å². The van der Waals surface area contributed by atoms with Crippen LogP contribution in [0.1, 0.15) is 48.3 Å². The third-order valence-electron chi connectivity index (χ3n) is 5.82. The first-order valence-electron chi connectivity index (χ1n) is 10.2. The van der Waals surface area contributed by atoms with Gasteiger partial charge in [0.05, 0.1) is 12.1 Å². The molecule has 2 aliphatic rings. The minimum atomic E-state index is -0.302. The molecule has 1 aromatic carbocycles. The Morgan fingerprint density at radius 1 is 1.24 bits per heavy atom. The number of carbonyl (C=O) groups excluding carboxylic acids is 2. The molecule has 0 bridgehead atoms. The van der Waals surface area contributed by atoms with Crippen LogP contribution >= 0.6 is 0 Å². The number of carbonyl (C=O) groups is 2. The van der Waals surface area contributed by atoms with Crippen LogP contribution in [0.2, 0.25) is 0 Å². The van der Waals surface area contributed by atoms with Crippen LogP contribution in [0.3, 0.4) is 0 Å². The van der Waals surface area contributed by atoms with Crippen molar-refractivity contribution in [3.63, 3.8) is 0 Å². The first-order valence-corrected chi connectivity index (χ1v) is 10.2. The zero-order valence-electron chi connectivity index (χ0n) is 16.9. The molecule has 2 N–H and O–H groups in total. The number of pyridine rings is 1. The van der Waals surface area contributed by atoms with Crippen LogP contribution in [0, 0.1) is 0 Å². The van der Waals surface area contributed by atoms with Gasteiger partial charge in [-0.2, -0.15) is 0 Å². The van der Waals surface area contributed by atoms with Gasteiger partial charge in [-0.15, -0.1) is 0 Å². The molecule has 2 aliphatic heterocycles. The fourth-order valence-corrected chi connectivity index (χ4v) is 4.11. The number of likely N-dealkylation sites (tertiary alicyclic amines) is 1. The molecule has 0 saturated carbocycles. The molecular formula is C22H27N5O2. The van der Waals surface area contributed by atoms with Crippen LogP contribution in [0.4, 0.5) is 11.5 Å². The number of fused-ring (bicyclic) bond motifs is 1. The van der Waals surface area contributed by atoms with Gasteiger partial charge in [-0.25, -0.2) is 4.98 Å². The lowest BCUT2D eigenvalue weighted by Crippen LogP contribution is -2.45. The highest BCUT2D eigenvalue weighted by Crippen LogP contribution is 2.30. The van der Waals surface area contributed by atoms with E-state index in [1.807, 2.05) is 36.2 Å². The van der Waals surface area contributed by atoms with E-state index in [9.17, 15) is 9.59 Å². The monoisotopic (exact) mass is 393 g/mol. The van der Waals surface area contributed by atoms with E-state index in [0.29, 0.717) is 24.0 Å². The highest BCUT2D eigenvalue weighted by Gasteiger charge is 2.30. The van der Waals surface area contributed by atoms with E-state index in [-0.39, 0.29) is 18.0 Å². The van der Waals surface area contributed by atoms with Crippen molar-refractivity contribution in [1.29, 1.82) is 0 Å². The molecule has 0 radical (unpaired) electrons. The minimum absolute atomic E-state index is 0.00714. The summed E-state index contributed by atoms with van der Waals surface area (Å²) in [4.78, 5) is 33.4. The van der Waals surface area contributed by atoms with E-state index < -0.39 is 0 Å². The van der Waals surface area contributed by atoms with Crippen molar-refractivity contribution in [1.82, 2.24) is 15.2 Å². The van der Waals surface area contributed by atoms with Gasteiger partial charge in [0.2, 0.25) is 5.91 Å². The second-order valence-corrected chi connectivity index (χ2v) is 7.85. The summed E-state index contributed by atoms with van der Waals surface area (Å²) in [5.74, 6) is 0.534. The molecule has 2 amide bonds. The zero-order chi connectivity index (χ0) is 20.4. The lowest BCUT2D eigenvalue weighted by Gasteiger charge is -2.35. The maximum atomic E-state index is 12.4. The Morgan fingerprint density at radius 3 is 2.79 bits per heavy atom. The molecule has 0 aliphatic carbocycles. The van der Waals surface area contributed by atoms with Crippen molar-refractivity contribution in [2.24, 2.45) is 0 Å². The number of piperidine rings is 1. The quantitative estimate of drug-likeness (QED) is 0.835. The molecule has 1 aromatic heterocycles. The highest BCUT2D eigenvalue weighted by atomic mass is 16.2. The van der Waals surface area contributed by atoms with Gasteiger partial charge in [0.1, 0.15) is 12.0 Å².